The average molecular weight is 344 g/mol. The van der Waals surface area contributed by atoms with E-state index in [0.29, 0.717) is 17.9 Å². The maximum absolute atomic E-state index is 14.8. The summed E-state index contributed by atoms with van der Waals surface area (Å²) >= 11 is 0. The van der Waals surface area contributed by atoms with Gasteiger partial charge in [0.2, 0.25) is 0 Å². The number of likely N-dealkylation sites (N-methyl/N-ethyl adjacent to an activating group) is 1. The van der Waals surface area contributed by atoms with Gasteiger partial charge in [0.1, 0.15) is 5.60 Å². The van der Waals surface area contributed by atoms with Crippen molar-refractivity contribution in [1.82, 2.24) is 4.90 Å². The van der Waals surface area contributed by atoms with Gasteiger partial charge in [0.15, 0.2) is 11.6 Å². The van der Waals surface area contributed by atoms with Crippen LogP contribution in [0.3, 0.4) is 0 Å². The van der Waals surface area contributed by atoms with Gasteiger partial charge in [0, 0.05) is 11.6 Å². The second kappa shape index (κ2) is 6.23. The zero-order valence-corrected chi connectivity index (χ0v) is 15.1. The number of hydrogen-bond donors (Lipinski definition) is 1. The molecule has 4 unspecified atom stereocenters. The Morgan fingerprint density at radius 3 is 2.61 bits per heavy atom. The van der Waals surface area contributed by atoms with Crippen molar-refractivity contribution < 1.29 is 14.2 Å². The number of rotatable bonds is 3. The fraction of sp³-hybridized carbons (Fsp3) is 0.667. The molecule has 0 heterocycles. The van der Waals surface area contributed by atoms with Crippen LogP contribution in [0.5, 0.6) is 5.75 Å². The molecule has 1 aromatic rings. The van der Waals surface area contributed by atoms with E-state index in [0.717, 1.165) is 19.3 Å². The maximum atomic E-state index is 14.8. The number of methoxy groups -OCH3 is 1. The normalized spacial score (nSPS) is 36.0. The zero-order chi connectivity index (χ0) is 16.1. The molecule has 3 nitrogen and oxygen atoms in total. The van der Waals surface area contributed by atoms with E-state index in [1.54, 1.807) is 18.2 Å². The third kappa shape index (κ3) is 2.75. The van der Waals surface area contributed by atoms with Gasteiger partial charge in [-0.3, -0.25) is 0 Å². The highest BCUT2D eigenvalue weighted by Crippen LogP contribution is 2.59. The summed E-state index contributed by atoms with van der Waals surface area (Å²) in [4.78, 5) is 2.07. The summed E-state index contributed by atoms with van der Waals surface area (Å²) in [5.41, 5.74) is -0.768. The molecule has 2 aliphatic rings. The number of fused-ring (bicyclic) bond motifs is 2. The first-order valence-electron chi connectivity index (χ1n) is 8.03. The number of hydrogen-bond acceptors (Lipinski definition) is 3. The predicted octanol–water partition coefficient (Wildman–Crippen LogP) is 3.58. The summed E-state index contributed by atoms with van der Waals surface area (Å²) < 4.78 is 19.9. The Labute approximate surface area is 144 Å². The summed E-state index contributed by atoms with van der Waals surface area (Å²) in [6.07, 6.45) is 3.95. The highest BCUT2D eigenvalue weighted by molar-refractivity contribution is 5.85. The molecule has 3 rings (SSSR count). The third-order valence-corrected chi connectivity index (χ3v) is 5.76. The highest BCUT2D eigenvalue weighted by atomic mass is 35.5. The summed E-state index contributed by atoms with van der Waals surface area (Å²) in [5.74, 6) is 0.243. The van der Waals surface area contributed by atoms with Gasteiger partial charge in [-0.25, -0.2) is 4.39 Å². The molecule has 2 bridgehead atoms. The third-order valence-electron chi connectivity index (χ3n) is 5.76. The topological polar surface area (TPSA) is 32.7 Å². The number of nitrogens with zero attached hydrogens (tertiary/aromatic N) is 1. The van der Waals surface area contributed by atoms with Gasteiger partial charge in [0.05, 0.1) is 7.11 Å². The molecular formula is C18H27ClFNO2. The Morgan fingerprint density at radius 1 is 1.30 bits per heavy atom. The molecule has 0 spiro atoms. The van der Waals surface area contributed by atoms with Gasteiger partial charge in [-0.1, -0.05) is 19.1 Å². The van der Waals surface area contributed by atoms with Crippen molar-refractivity contribution in [1.29, 1.82) is 0 Å². The molecule has 0 aliphatic heterocycles. The molecule has 2 aliphatic carbocycles. The Balaban J connectivity index is 0.00000192. The van der Waals surface area contributed by atoms with Gasteiger partial charge in [-0.2, -0.15) is 0 Å². The van der Waals surface area contributed by atoms with Gasteiger partial charge >= 0.3 is 0 Å². The van der Waals surface area contributed by atoms with Crippen LogP contribution in [0.15, 0.2) is 18.2 Å². The molecule has 0 radical (unpaired) electrons. The fourth-order valence-corrected chi connectivity index (χ4v) is 5.26. The Morgan fingerprint density at radius 2 is 2.00 bits per heavy atom. The molecule has 2 saturated carbocycles. The monoisotopic (exact) mass is 343 g/mol. The van der Waals surface area contributed by atoms with Crippen molar-refractivity contribution >= 4 is 12.4 Å². The van der Waals surface area contributed by atoms with Crippen LogP contribution >= 0.6 is 12.4 Å². The smallest absolute Gasteiger partial charge is 0.171 e. The summed E-state index contributed by atoms with van der Waals surface area (Å²) in [6.45, 7) is 2.24. The molecule has 2 fully saturated rings. The predicted molar refractivity (Wildman–Crippen MR) is 91.6 cm³/mol. The summed E-state index contributed by atoms with van der Waals surface area (Å²) in [7, 11) is 5.43. The van der Waals surface area contributed by atoms with Crippen molar-refractivity contribution in [3.63, 3.8) is 0 Å². The van der Waals surface area contributed by atoms with E-state index < -0.39 is 11.4 Å². The lowest BCUT2D eigenvalue weighted by atomic mass is 9.62. The van der Waals surface area contributed by atoms with E-state index >= 15 is 0 Å². The first-order chi connectivity index (χ1) is 10.3. The molecule has 130 valence electrons. The van der Waals surface area contributed by atoms with E-state index in [2.05, 4.69) is 11.8 Å². The number of aliphatic hydroxyl groups is 1. The van der Waals surface area contributed by atoms with Crippen LogP contribution < -0.4 is 4.74 Å². The number of ether oxygens (including phenoxy) is 1. The summed E-state index contributed by atoms with van der Waals surface area (Å²) in [6, 6.07) is 4.98. The van der Waals surface area contributed by atoms with E-state index in [1.807, 2.05) is 14.1 Å². The van der Waals surface area contributed by atoms with E-state index in [4.69, 9.17) is 4.74 Å². The van der Waals surface area contributed by atoms with Gasteiger partial charge < -0.3 is 14.7 Å². The van der Waals surface area contributed by atoms with E-state index in [-0.39, 0.29) is 29.6 Å². The van der Waals surface area contributed by atoms with E-state index in [9.17, 15) is 9.50 Å². The minimum Gasteiger partial charge on any atom is -0.494 e. The van der Waals surface area contributed by atoms with Crippen molar-refractivity contribution in [3.8, 4) is 5.75 Å². The largest absolute Gasteiger partial charge is 0.494 e. The minimum absolute atomic E-state index is 0. The molecule has 0 aromatic heterocycles. The minimum atomic E-state index is -1.17. The first-order valence-corrected chi connectivity index (χ1v) is 8.03. The lowest BCUT2D eigenvalue weighted by Gasteiger charge is -2.52. The molecule has 0 saturated heterocycles. The fourth-order valence-electron chi connectivity index (χ4n) is 5.26. The molecule has 23 heavy (non-hydrogen) atoms. The quantitative estimate of drug-likeness (QED) is 0.910. The van der Waals surface area contributed by atoms with Crippen LogP contribution in [0.1, 0.15) is 38.2 Å². The van der Waals surface area contributed by atoms with Gasteiger partial charge in [0.25, 0.3) is 0 Å². The van der Waals surface area contributed by atoms with Crippen molar-refractivity contribution in [3.05, 3.63) is 29.6 Å². The second-order valence-electron chi connectivity index (χ2n) is 7.58. The lowest BCUT2D eigenvalue weighted by Crippen LogP contribution is -2.58. The molecule has 4 atom stereocenters. The lowest BCUT2D eigenvalue weighted by molar-refractivity contribution is -0.122. The van der Waals surface area contributed by atoms with Crippen molar-refractivity contribution in [2.45, 2.75) is 44.2 Å². The van der Waals surface area contributed by atoms with Crippen LogP contribution in [0.2, 0.25) is 0 Å². The van der Waals surface area contributed by atoms with Crippen LogP contribution in [-0.4, -0.2) is 37.3 Å². The molecule has 1 N–H and O–H groups in total. The Kier molecular flexibility index (Phi) is 5.01. The molecular weight excluding hydrogens is 317 g/mol. The highest BCUT2D eigenvalue weighted by Gasteiger charge is 2.59. The zero-order valence-electron chi connectivity index (χ0n) is 14.3. The average Bonchev–Trinajstić information content (AvgIpc) is 2.74. The Bertz CT molecular complexity index is 582. The molecule has 0 amide bonds. The molecule has 5 heteroatoms. The standard InChI is InChI=1S/C18H26FNO2.ClH/c1-17-9-8-12(10-17)11-18(21,16(17)20(2)3)13-6-5-7-14(22-4)15(13)19;/h5-7,12,16,21H,8-11H2,1-4H3;1H. The van der Waals surface area contributed by atoms with Crippen LogP contribution in [0.25, 0.3) is 0 Å². The van der Waals surface area contributed by atoms with Gasteiger partial charge in [-0.15, -0.1) is 12.4 Å². The first kappa shape index (κ1) is 18.5. The van der Waals surface area contributed by atoms with Crippen LogP contribution in [0.4, 0.5) is 4.39 Å². The SMILES string of the molecule is COc1cccc(C2(O)CC3CCC(C)(C3)C2N(C)C)c1F.Cl. The Hall–Kier alpha value is -0.840. The van der Waals surface area contributed by atoms with E-state index in [1.165, 1.54) is 7.11 Å². The maximum Gasteiger partial charge on any atom is 0.171 e. The van der Waals surface area contributed by atoms with Crippen LogP contribution in [-0.2, 0) is 5.60 Å². The van der Waals surface area contributed by atoms with Gasteiger partial charge in [-0.05, 0) is 57.2 Å². The molecule has 1 aromatic carbocycles. The van der Waals surface area contributed by atoms with Crippen molar-refractivity contribution in [2.75, 3.05) is 21.2 Å². The second-order valence-corrected chi connectivity index (χ2v) is 7.58. The number of benzene rings is 1. The van der Waals surface area contributed by atoms with Crippen LogP contribution in [0, 0.1) is 17.2 Å². The van der Waals surface area contributed by atoms with Crippen molar-refractivity contribution in [2.24, 2.45) is 11.3 Å². The summed E-state index contributed by atoms with van der Waals surface area (Å²) in [5, 5.41) is 11.6. The number of halogens is 2.